The average molecular weight is 306 g/mol. The third kappa shape index (κ3) is 4.49. The Labute approximate surface area is 117 Å². The van der Waals surface area contributed by atoms with Crippen molar-refractivity contribution < 1.29 is 18.3 Å². The number of hydrogen-bond acceptors (Lipinski definition) is 3. The van der Waals surface area contributed by atoms with E-state index in [-0.39, 0.29) is 17.4 Å². The van der Waals surface area contributed by atoms with E-state index in [0.717, 1.165) is 4.31 Å². The highest BCUT2D eigenvalue weighted by Gasteiger charge is 2.27. The number of carboxylic acid groups (broad SMARTS) is 1. The highest BCUT2D eigenvalue weighted by molar-refractivity contribution is 7.89. The Morgan fingerprint density at radius 1 is 1.32 bits per heavy atom. The molecule has 0 aromatic heterocycles. The summed E-state index contributed by atoms with van der Waals surface area (Å²) in [6, 6.07) is 5.66. The van der Waals surface area contributed by atoms with Crippen molar-refractivity contribution in [3.05, 3.63) is 29.3 Å². The number of aliphatic carboxylic acids is 1. The lowest BCUT2D eigenvalue weighted by atomic mass is 10.2. The Morgan fingerprint density at radius 2 is 1.84 bits per heavy atom. The zero-order chi connectivity index (χ0) is 14.6. The van der Waals surface area contributed by atoms with E-state index in [1.165, 1.54) is 24.3 Å². The van der Waals surface area contributed by atoms with Crippen molar-refractivity contribution in [2.75, 3.05) is 13.1 Å². The summed E-state index contributed by atoms with van der Waals surface area (Å²) in [6.07, 6.45) is 0. The molecule has 0 saturated heterocycles. The molecule has 0 aliphatic heterocycles. The van der Waals surface area contributed by atoms with E-state index in [2.05, 4.69) is 0 Å². The lowest BCUT2D eigenvalue weighted by Gasteiger charge is -2.22. The topological polar surface area (TPSA) is 74.7 Å². The van der Waals surface area contributed by atoms with E-state index >= 15 is 0 Å². The van der Waals surface area contributed by atoms with Gasteiger partial charge in [0.05, 0.1) is 4.90 Å². The van der Waals surface area contributed by atoms with Gasteiger partial charge in [-0.05, 0) is 30.2 Å². The molecule has 0 aliphatic rings. The van der Waals surface area contributed by atoms with Crippen LogP contribution in [0.25, 0.3) is 0 Å². The number of carbonyl (C=O) groups is 1. The van der Waals surface area contributed by atoms with Crippen molar-refractivity contribution in [3.8, 4) is 0 Å². The van der Waals surface area contributed by atoms with Crippen molar-refractivity contribution in [1.29, 1.82) is 0 Å². The number of sulfonamides is 1. The van der Waals surface area contributed by atoms with Crippen LogP contribution >= 0.6 is 11.6 Å². The molecule has 0 radical (unpaired) electrons. The van der Waals surface area contributed by atoms with Gasteiger partial charge in [0.2, 0.25) is 10.0 Å². The van der Waals surface area contributed by atoms with Crippen molar-refractivity contribution in [2.45, 2.75) is 18.7 Å². The van der Waals surface area contributed by atoms with E-state index in [1.807, 2.05) is 13.8 Å². The lowest BCUT2D eigenvalue weighted by molar-refractivity contribution is -0.137. The van der Waals surface area contributed by atoms with Gasteiger partial charge in [-0.3, -0.25) is 4.79 Å². The summed E-state index contributed by atoms with van der Waals surface area (Å²) in [4.78, 5) is 10.8. The van der Waals surface area contributed by atoms with Crippen LogP contribution in [-0.2, 0) is 14.8 Å². The Hall–Kier alpha value is -1.11. The largest absolute Gasteiger partial charge is 0.480 e. The monoisotopic (exact) mass is 305 g/mol. The van der Waals surface area contributed by atoms with Gasteiger partial charge >= 0.3 is 5.97 Å². The predicted octanol–water partition coefficient (Wildman–Crippen LogP) is 2.07. The molecule has 1 aromatic carbocycles. The van der Waals surface area contributed by atoms with Crippen LogP contribution in [0.15, 0.2) is 29.2 Å². The van der Waals surface area contributed by atoms with Crippen LogP contribution in [0.5, 0.6) is 0 Å². The molecule has 0 amide bonds. The second-order valence-corrected chi connectivity index (χ2v) is 6.91. The average Bonchev–Trinajstić information content (AvgIpc) is 2.27. The second-order valence-electron chi connectivity index (χ2n) is 4.54. The van der Waals surface area contributed by atoms with E-state index in [4.69, 9.17) is 16.7 Å². The molecular formula is C12H16ClNO4S. The van der Waals surface area contributed by atoms with Gasteiger partial charge < -0.3 is 5.11 Å². The van der Waals surface area contributed by atoms with Gasteiger partial charge in [0.15, 0.2) is 0 Å². The van der Waals surface area contributed by atoms with Gasteiger partial charge in [0.25, 0.3) is 0 Å². The van der Waals surface area contributed by atoms with Gasteiger partial charge in [-0.15, -0.1) is 0 Å². The van der Waals surface area contributed by atoms with Crippen LogP contribution in [0.3, 0.4) is 0 Å². The number of hydrogen-bond donors (Lipinski definition) is 1. The summed E-state index contributed by atoms with van der Waals surface area (Å²) in [5, 5.41) is 9.25. The number of halogens is 1. The van der Waals surface area contributed by atoms with E-state index < -0.39 is 22.5 Å². The first-order chi connectivity index (χ1) is 8.73. The Morgan fingerprint density at radius 3 is 2.26 bits per heavy atom. The fourth-order valence-corrected chi connectivity index (χ4v) is 3.24. The van der Waals surface area contributed by atoms with Gasteiger partial charge in [0, 0.05) is 11.6 Å². The quantitative estimate of drug-likeness (QED) is 0.873. The molecule has 1 aromatic rings. The van der Waals surface area contributed by atoms with Gasteiger partial charge in [-0.25, -0.2) is 8.42 Å². The number of carboxylic acids is 1. The summed E-state index contributed by atoms with van der Waals surface area (Å²) in [5.41, 5.74) is 0. The molecule has 1 rings (SSSR count). The van der Waals surface area contributed by atoms with Crippen LogP contribution in [0.4, 0.5) is 0 Å². The predicted molar refractivity (Wildman–Crippen MR) is 72.7 cm³/mol. The number of benzene rings is 1. The molecule has 0 spiro atoms. The summed E-state index contributed by atoms with van der Waals surface area (Å²) in [7, 11) is -3.81. The highest BCUT2D eigenvalue weighted by atomic mass is 35.5. The van der Waals surface area contributed by atoms with Gasteiger partial charge in [0.1, 0.15) is 6.54 Å². The molecule has 0 heterocycles. The molecule has 0 unspecified atom stereocenters. The van der Waals surface area contributed by atoms with Crippen LogP contribution in [0, 0.1) is 5.92 Å². The lowest BCUT2D eigenvalue weighted by Crippen LogP contribution is -2.38. The van der Waals surface area contributed by atoms with Crippen LogP contribution in [0.2, 0.25) is 5.02 Å². The molecule has 0 saturated carbocycles. The van der Waals surface area contributed by atoms with Crippen molar-refractivity contribution in [3.63, 3.8) is 0 Å². The van der Waals surface area contributed by atoms with Gasteiger partial charge in [-0.1, -0.05) is 25.4 Å². The fraction of sp³-hybridized carbons (Fsp3) is 0.417. The van der Waals surface area contributed by atoms with Crippen LogP contribution in [0.1, 0.15) is 13.8 Å². The molecule has 1 N–H and O–H groups in total. The molecule has 0 atom stereocenters. The van der Waals surface area contributed by atoms with Crippen molar-refractivity contribution in [1.82, 2.24) is 4.31 Å². The first-order valence-electron chi connectivity index (χ1n) is 5.71. The minimum Gasteiger partial charge on any atom is -0.480 e. The standard InChI is InChI=1S/C12H16ClNO4S/c1-9(2)7-14(8-12(15)16)19(17,18)11-5-3-10(13)4-6-11/h3-6,9H,7-8H2,1-2H3,(H,15,16). The highest BCUT2D eigenvalue weighted by Crippen LogP contribution is 2.19. The maximum atomic E-state index is 12.3. The van der Waals surface area contributed by atoms with Crippen molar-refractivity contribution >= 4 is 27.6 Å². The van der Waals surface area contributed by atoms with E-state index in [1.54, 1.807) is 0 Å². The summed E-state index contributed by atoms with van der Waals surface area (Å²) in [5.74, 6) is -1.15. The Balaban J connectivity index is 3.11. The molecule has 0 aliphatic carbocycles. The molecule has 0 fully saturated rings. The molecule has 5 nitrogen and oxygen atoms in total. The number of rotatable bonds is 6. The molecule has 0 bridgehead atoms. The molecule has 19 heavy (non-hydrogen) atoms. The first kappa shape index (κ1) is 15.9. The summed E-state index contributed by atoms with van der Waals surface area (Å²) >= 11 is 5.71. The zero-order valence-electron chi connectivity index (χ0n) is 10.7. The second kappa shape index (κ2) is 6.36. The summed E-state index contributed by atoms with van der Waals surface area (Å²) < 4.78 is 25.6. The number of nitrogens with zero attached hydrogens (tertiary/aromatic N) is 1. The molecule has 106 valence electrons. The minimum absolute atomic E-state index is 0.0291. The van der Waals surface area contributed by atoms with Crippen LogP contribution < -0.4 is 0 Å². The van der Waals surface area contributed by atoms with Crippen molar-refractivity contribution in [2.24, 2.45) is 5.92 Å². The SMILES string of the molecule is CC(C)CN(CC(=O)O)S(=O)(=O)c1ccc(Cl)cc1. The third-order valence-electron chi connectivity index (χ3n) is 2.33. The van der Waals surface area contributed by atoms with E-state index in [0.29, 0.717) is 5.02 Å². The Kier molecular flexibility index (Phi) is 5.34. The third-order valence-corrected chi connectivity index (χ3v) is 4.41. The van der Waals surface area contributed by atoms with E-state index in [9.17, 15) is 13.2 Å². The minimum atomic E-state index is -3.81. The zero-order valence-corrected chi connectivity index (χ0v) is 12.3. The fourth-order valence-electron chi connectivity index (χ4n) is 1.56. The normalized spacial score (nSPS) is 12.1. The Bertz CT molecular complexity index is 539. The molecule has 7 heteroatoms. The maximum absolute atomic E-state index is 12.3. The smallest absolute Gasteiger partial charge is 0.318 e. The summed E-state index contributed by atoms with van der Waals surface area (Å²) in [6.45, 7) is 3.25. The van der Waals surface area contributed by atoms with Crippen LogP contribution in [-0.4, -0.2) is 36.9 Å². The van der Waals surface area contributed by atoms with Gasteiger partial charge in [-0.2, -0.15) is 4.31 Å². The molecular weight excluding hydrogens is 290 g/mol. The maximum Gasteiger partial charge on any atom is 0.318 e. The first-order valence-corrected chi connectivity index (χ1v) is 7.53.